The molecular formula is C23H33BSi. The maximum absolute atomic E-state index is 2.52. The highest BCUT2D eigenvalue weighted by molar-refractivity contribution is 7.42. The van der Waals surface area contributed by atoms with E-state index >= 15 is 0 Å². The summed E-state index contributed by atoms with van der Waals surface area (Å²) in [7, 11) is -1.39. The lowest BCUT2D eigenvalue weighted by atomic mass is 9.63. The molecule has 1 aliphatic heterocycles. The summed E-state index contributed by atoms with van der Waals surface area (Å²) in [6.07, 6.45) is 0.599. The second-order valence-corrected chi connectivity index (χ2v) is 16.2. The van der Waals surface area contributed by atoms with Gasteiger partial charge in [0.05, 0.1) is 0 Å². The Morgan fingerprint density at radius 1 is 0.640 bits per heavy atom. The van der Waals surface area contributed by atoms with Gasteiger partial charge in [-0.2, -0.15) is 0 Å². The first kappa shape index (κ1) is 18.5. The number of fused-ring (bicyclic) bond motifs is 3. The molecule has 0 nitrogen and oxygen atoms in total. The Morgan fingerprint density at radius 3 is 1.28 bits per heavy atom. The molecule has 0 fully saturated rings. The van der Waals surface area contributed by atoms with E-state index < -0.39 is 7.94 Å². The van der Waals surface area contributed by atoms with Crippen LogP contribution >= 0.6 is 0 Å². The number of hydrogen-bond donors (Lipinski definition) is 0. The van der Waals surface area contributed by atoms with Crippen LogP contribution in [0.4, 0.5) is 0 Å². The van der Waals surface area contributed by atoms with Crippen LogP contribution in [-0.2, 0) is 10.8 Å². The molecule has 25 heavy (non-hydrogen) atoms. The number of rotatable bonds is 1. The zero-order valence-electron chi connectivity index (χ0n) is 17.5. The van der Waals surface area contributed by atoms with E-state index in [0.29, 0.717) is 6.31 Å². The van der Waals surface area contributed by atoms with Gasteiger partial charge in [0, 0.05) is 7.94 Å². The Kier molecular flexibility index (Phi) is 4.15. The van der Waals surface area contributed by atoms with Gasteiger partial charge < -0.3 is 0 Å². The summed E-state index contributed by atoms with van der Waals surface area (Å²) in [6.45, 7) is 21.5. The third-order valence-corrected chi connectivity index (χ3v) is 7.97. The van der Waals surface area contributed by atoms with Crippen molar-refractivity contribution >= 4 is 25.2 Å². The van der Waals surface area contributed by atoms with E-state index in [0.717, 1.165) is 0 Å². The highest BCUT2D eigenvalue weighted by Gasteiger charge is 2.41. The van der Waals surface area contributed by atoms with Gasteiger partial charge in [0.2, 0.25) is 6.31 Å². The normalized spacial score (nSPS) is 14.5. The van der Waals surface area contributed by atoms with Crippen LogP contribution in [0.15, 0.2) is 36.4 Å². The average Bonchev–Trinajstić information content (AvgIpc) is 2.77. The summed E-state index contributed by atoms with van der Waals surface area (Å²) in [4.78, 5) is 0. The molecule has 132 valence electrons. The Balaban J connectivity index is 2.26. The highest BCUT2D eigenvalue weighted by atomic mass is 28.3. The van der Waals surface area contributed by atoms with Crippen molar-refractivity contribution < 1.29 is 0 Å². The molecule has 0 atom stereocenters. The number of hydrogen-bond acceptors (Lipinski definition) is 0. The van der Waals surface area contributed by atoms with Crippen molar-refractivity contribution in [2.75, 3.05) is 0 Å². The molecule has 0 unspecified atom stereocenters. The first-order valence-electron chi connectivity index (χ1n) is 9.59. The monoisotopic (exact) mass is 348 g/mol. The molecule has 3 rings (SSSR count). The van der Waals surface area contributed by atoms with E-state index in [4.69, 9.17) is 0 Å². The molecule has 2 aromatic rings. The van der Waals surface area contributed by atoms with Crippen molar-refractivity contribution in [1.82, 2.24) is 0 Å². The Hall–Kier alpha value is -1.28. The molecule has 2 aromatic carbocycles. The average molecular weight is 348 g/mol. The molecule has 0 spiro atoms. The molecule has 2 heteroatoms. The molecule has 0 aromatic heterocycles. The second-order valence-electron chi connectivity index (χ2n) is 10.9. The van der Waals surface area contributed by atoms with Crippen LogP contribution in [0.3, 0.4) is 0 Å². The minimum Gasteiger partial charge on any atom is -0.0742 e. The maximum atomic E-state index is 2.52. The van der Waals surface area contributed by atoms with Crippen molar-refractivity contribution in [2.24, 2.45) is 0 Å². The smallest absolute Gasteiger partial charge is 0.0742 e. The first-order chi connectivity index (χ1) is 11.3. The number of benzene rings is 2. The second kappa shape index (κ2) is 5.61. The highest BCUT2D eigenvalue weighted by Crippen LogP contribution is 2.32. The summed E-state index contributed by atoms with van der Waals surface area (Å²) in [5, 5.41) is 0. The summed E-state index contributed by atoms with van der Waals surface area (Å²) in [5.41, 5.74) is 9.40. The largest absolute Gasteiger partial charge is 0.203 e. The van der Waals surface area contributed by atoms with Gasteiger partial charge >= 0.3 is 0 Å². The van der Waals surface area contributed by atoms with E-state index in [-0.39, 0.29) is 10.8 Å². The van der Waals surface area contributed by atoms with E-state index in [1.807, 2.05) is 0 Å². The van der Waals surface area contributed by atoms with E-state index in [2.05, 4.69) is 97.6 Å². The van der Waals surface area contributed by atoms with Crippen LogP contribution in [-0.4, -0.2) is 14.2 Å². The molecule has 0 bridgehead atoms. The van der Waals surface area contributed by atoms with Crippen LogP contribution < -0.4 is 10.9 Å². The van der Waals surface area contributed by atoms with Crippen molar-refractivity contribution in [2.45, 2.75) is 72.0 Å². The van der Waals surface area contributed by atoms with Gasteiger partial charge in [-0.15, -0.1) is 0 Å². The van der Waals surface area contributed by atoms with Crippen LogP contribution in [0.5, 0.6) is 0 Å². The van der Waals surface area contributed by atoms with E-state index in [9.17, 15) is 0 Å². The minimum absolute atomic E-state index is 0.199. The molecule has 1 heterocycles. The van der Waals surface area contributed by atoms with Gasteiger partial charge in [-0.1, -0.05) is 109 Å². The molecule has 0 saturated heterocycles. The van der Waals surface area contributed by atoms with Crippen molar-refractivity contribution in [1.29, 1.82) is 0 Å². The SMILES string of the molecule is CC(C)(C)c1ccc2c(c1)B([Si](C)(C)C)c1cc(C(C)(C)C)ccc1-2. The topological polar surface area (TPSA) is 0 Å². The maximum Gasteiger partial charge on any atom is 0.203 e. The molecule has 0 saturated carbocycles. The predicted octanol–water partition coefficient (Wildman–Crippen LogP) is 5.29. The van der Waals surface area contributed by atoms with Crippen LogP contribution in [0, 0.1) is 0 Å². The van der Waals surface area contributed by atoms with Gasteiger partial charge in [-0.25, -0.2) is 0 Å². The fraction of sp³-hybridized carbons (Fsp3) is 0.478. The fourth-order valence-corrected chi connectivity index (χ4v) is 6.47. The summed E-state index contributed by atoms with van der Waals surface area (Å²) in [6, 6.07) is 14.5. The standard InChI is InChI=1S/C23H33BSi/c1-22(2,3)16-10-12-18-19-13-11-17(23(4,5)6)15-21(19)24(20(18)14-16)25(7,8)9/h10-15H,1-9H3. The molecule has 1 aliphatic rings. The quantitative estimate of drug-likeness (QED) is 0.615. The third-order valence-electron chi connectivity index (χ3n) is 5.61. The van der Waals surface area contributed by atoms with Gasteiger partial charge in [0.15, 0.2) is 0 Å². The summed E-state index contributed by atoms with van der Waals surface area (Å²) in [5.74, 6) is 0. The lowest BCUT2D eigenvalue weighted by Crippen LogP contribution is -2.57. The van der Waals surface area contributed by atoms with Crippen molar-refractivity contribution in [3.8, 4) is 11.1 Å². The molecule has 0 amide bonds. The summed E-state index contributed by atoms with van der Waals surface area (Å²) >= 11 is 0. The zero-order valence-corrected chi connectivity index (χ0v) is 18.5. The van der Waals surface area contributed by atoms with E-state index in [1.54, 1.807) is 10.9 Å². The van der Waals surface area contributed by atoms with Gasteiger partial charge in [-0.3, -0.25) is 0 Å². The third kappa shape index (κ3) is 3.26. The molecule has 0 aliphatic carbocycles. The van der Waals surface area contributed by atoms with Crippen LogP contribution in [0.1, 0.15) is 52.7 Å². The van der Waals surface area contributed by atoms with Gasteiger partial charge in [0.1, 0.15) is 0 Å². The molecule has 0 N–H and O–H groups in total. The predicted molar refractivity (Wildman–Crippen MR) is 118 cm³/mol. The van der Waals surface area contributed by atoms with Crippen LogP contribution in [0.25, 0.3) is 11.1 Å². The minimum atomic E-state index is -1.39. The van der Waals surface area contributed by atoms with E-state index in [1.165, 1.54) is 22.3 Å². The van der Waals surface area contributed by atoms with Crippen LogP contribution in [0.2, 0.25) is 19.6 Å². The van der Waals surface area contributed by atoms with Gasteiger partial charge in [-0.05, 0) is 33.1 Å². The summed E-state index contributed by atoms with van der Waals surface area (Å²) < 4.78 is 0. The Labute approximate surface area is 156 Å². The fourth-order valence-electron chi connectivity index (χ4n) is 4.13. The first-order valence-corrected chi connectivity index (χ1v) is 13.2. The molecule has 0 radical (unpaired) electrons. The Morgan fingerprint density at radius 2 is 1.00 bits per heavy atom. The lowest BCUT2D eigenvalue weighted by Gasteiger charge is -2.27. The van der Waals surface area contributed by atoms with Crippen molar-refractivity contribution in [3.63, 3.8) is 0 Å². The van der Waals surface area contributed by atoms with Crippen molar-refractivity contribution in [3.05, 3.63) is 47.5 Å². The van der Waals surface area contributed by atoms with Gasteiger partial charge in [0.25, 0.3) is 0 Å². The Bertz CT molecular complexity index is 750. The lowest BCUT2D eigenvalue weighted by molar-refractivity contribution is 0.590. The molecular weight excluding hydrogens is 315 g/mol. The zero-order chi connectivity index (χ0) is 18.8.